The van der Waals surface area contributed by atoms with Crippen LogP contribution in [0.2, 0.25) is 0 Å². The first-order valence-electron chi connectivity index (χ1n) is 2.51. The zero-order chi connectivity index (χ0) is 7.56. The van der Waals surface area contributed by atoms with E-state index in [9.17, 15) is 9.18 Å². The van der Waals surface area contributed by atoms with Crippen LogP contribution in [-0.2, 0) is 0 Å². The summed E-state index contributed by atoms with van der Waals surface area (Å²) in [5.41, 5.74) is 0.197. The summed E-state index contributed by atoms with van der Waals surface area (Å²) in [7, 11) is 0. The molecule has 1 heterocycles. The molecular formula is C6H3ClFNO. The van der Waals surface area contributed by atoms with Gasteiger partial charge in [0.2, 0.25) is 5.95 Å². The number of hydrogen-bond donors (Lipinski definition) is 0. The van der Waals surface area contributed by atoms with Gasteiger partial charge in [0.05, 0.1) is 5.56 Å². The number of halogens is 2. The van der Waals surface area contributed by atoms with E-state index in [1.165, 1.54) is 6.07 Å². The highest BCUT2D eigenvalue weighted by Gasteiger charge is 2.00. The molecule has 0 radical (unpaired) electrons. The van der Waals surface area contributed by atoms with Crippen molar-refractivity contribution in [3.63, 3.8) is 0 Å². The van der Waals surface area contributed by atoms with Crippen LogP contribution in [0.1, 0.15) is 10.4 Å². The van der Waals surface area contributed by atoms with E-state index in [0.717, 1.165) is 12.3 Å². The molecule has 1 rings (SSSR count). The molecule has 0 atom stereocenters. The minimum Gasteiger partial charge on any atom is -0.276 e. The Kier molecular flexibility index (Phi) is 1.97. The number of carbonyl (C=O) groups excluding carboxylic acids is 1. The van der Waals surface area contributed by atoms with E-state index >= 15 is 0 Å². The summed E-state index contributed by atoms with van der Waals surface area (Å²) in [5, 5.41) is -0.632. The summed E-state index contributed by atoms with van der Waals surface area (Å²) >= 11 is 5.05. The van der Waals surface area contributed by atoms with Crippen LogP contribution in [0.25, 0.3) is 0 Å². The van der Waals surface area contributed by atoms with E-state index in [-0.39, 0.29) is 5.56 Å². The van der Waals surface area contributed by atoms with Crippen LogP contribution in [0.5, 0.6) is 0 Å². The van der Waals surface area contributed by atoms with E-state index in [4.69, 9.17) is 11.6 Å². The molecule has 0 saturated carbocycles. The molecule has 0 bridgehead atoms. The lowest BCUT2D eigenvalue weighted by atomic mass is 10.3. The van der Waals surface area contributed by atoms with Crippen molar-refractivity contribution in [2.24, 2.45) is 0 Å². The molecule has 1 aromatic heterocycles. The Balaban J connectivity index is 3.00. The smallest absolute Gasteiger partial charge is 0.253 e. The van der Waals surface area contributed by atoms with Crippen molar-refractivity contribution in [2.75, 3.05) is 0 Å². The molecule has 52 valence electrons. The molecule has 0 aromatic carbocycles. The maximum atomic E-state index is 12.1. The van der Waals surface area contributed by atoms with Gasteiger partial charge >= 0.3 is 0 Å². The van der Waals surface area contributed by atoms with Gasteiger partial charge in [0.15, 0.2) is 0 Å². The van der Waals surface area contributed by atoms with Crippen molar-refractivity contribution in [1.29, 1.82) is 0 Å². The van der Waals surface area contributed by atoms with Gasteiger partial charge in [-0.15, -0.1) is 0 Å². The van der Waals surface area contributed by atoms with Crippen LogP contribution in [0.3, 0.4) is 0 Å². The Morgan fingerprint density at radius 2 is 2.30 bits per heavy atom. The van der Waals surface area contributed by atoms with Crippen molar-refractivity contribution in [3.8, 4) is 0 Å². The van der Waals surface area contributed by atoms with E-state index in [1.807, 2.05) is 0 Å². The Hall–Kier alpha value is -0.960. The fraction of sp³-hybridized carbons (Fsp3) is 0. The molecule has 4 heteroatoms. The van der Waals surface area contributed by atoms with Crippen molar-refractivity contribution < 1.29 is 9.18 Å². The second kappa shape index (κ2) is 2.75. The maximum absolute atomic E-state index is 12.1. The predicted octanol–water partition coefficient (Wildman–Crippen LogP) is 1.60. The molecule has 0 aliphatic carbocycles. The summed E-state index contributed by atoms with van der Waals surface area (Å²) in [6, 6.07) is 2.35. The largest absolute Gasteiger partial charge is 0.276 e. The Morgan fingerprint density at radius 3 is 2.70 bits per heavy atom. The minimum absolute atomic E-state index is 0.197. The lowest BCUT2D eigenvalue weighted by molar-refractivity contribution is 0.108. The van der Waals surface area contributed by atoms with Crippen LogP contribution in [0.4, 0.5) is 4.39 Å². The zero-order valence-electron chi connectivity index (χ0n) is 4.84. The maximum Gasteiger partial charge on any atom is 0.253 e. The molecule has 0 saturated heterocycles. The molecule has 0 spiro atoms. The molecule has 1 aromatic rings. The van der Waals surface area contributed by atoms with Crippen LogP contribution >= 0.6 is 11.6 Å². The molecule has 0 N–H and O–H groups in total. The van der Waals surface area contributed by atoms with Crippen LogP contribution in [-0.4, -0.2) is 10.2 Å². The topological polar surface area (TPSA) is 30.0 Å². The van der Waals surface area contributed by atoms with Crippen LogP contribution in [0.15, 0.2) is 18.3 Å². The van der Waals surface area contributed by atoms with Gasteiger partial charge in [-0.1, -0.05) is 0 Å². The first-order chi connectivity index (χ1) is 4.70. The number of hydrogen-bond acceptors (Lipinski definition) is 2. The average molecular weight is 160 g/mol. The number of pyridine rings is 1. The van der Waals surface area contributed by atoms with Gasteiger partial charge < -0.3 is 0 Å². The highest BCUT2D eigenvalue weighted by Crippen LogP contribution is 2.01. The number of aromatic nitrogens is 1. The van der Waals surface area contributed by atoms with Crippen LogP contribution in [0, 0.1) is 5.95 Å². The molecule has 10 heavy (non-hydrogen) atoms. The number of rotatable bonds is 1. The van der Waals surface area contributed by atoms with Gasteiger partial charge in [0, 0.05) is 6.20 Å². The summed E-state index contributed by atoms with van der Waals surface area (Å²) in [6.07, 6.45) is 1.09. The van der Waals surface area contributed by atoms with Gasteiger partial charge in [0.1, 0.15) is 0 Å². The van der Waals surface area contributed by atoms with Gasteiger partial charge in [-0.3, -0.25) is 4.79 Å². The fourth-order valence-electron chi connectivity index (χ4n) is 0.492. The van der Waals surface area contributed by atoms with Gasteiger partial charge in [-0.25, -0.2) is 4.98 Å². The first kappa shape index (κ1) is 7.15. The summed E-state index contributed by atoms with van der Waals surface area (Å²) < 4.78 is 12.1. The van der Waals surface area contributed by atoms with Gasteiger partial charge in [-0.2, -0.15) is 4.39 Å². The number of carbonyl (C=O) groups is 1. The molecule has 0 unspecified atom stereocenters. The molecule has 2 nitrogen and oxygen atoms in total. The molecule has 0 aliphatic rings. The highest BCUT2D eigenvalue weighted by molar-refractivity contribution is 6.67. The van der Waals surface area contributed by atoms with Crippen LogP contribution < -0.4 is 0 Å². The van der Waals surface area contributed by atoms with Crippen molar-refractivity contribution in [2.45, 2.75) is 0 Å². The quantitative estimate of drug-likeness (QED) is 0.460. The average Bonchev–Trinajstić information content (AvgIpc) is 1.88. The zero-order valence-corrected chi connectivity index (χ0v) is 5.60. The molecular weight excluding hydrogens is 157 g/mol. The second-order valence-electron chi connectivity index (χ2n) is 1.64. The van der Waals surface area contributed by atoms with Gasteiger partial charge in [-0.05, 0) is 23.7 Å². The Labute approximate surface area is 61.6 Å². The summed E-state index contributed by atoms with van der Waals surface area (Å²) in [5.74, 6) is -0.623. The third kappa shape index (κ3) is 1.51. The lowest BCUT2D eigenvalue weighted by Crippen LogP contribution is -1.90. The first-order valence-corrected chi connectivity index (χ1v) is 2.89. The summed E-state index contributed by atoms with van der Waals surface area (Å²) in [6.45, 7) is 0. The monoisotopic (exact) mass is 159 g/mol. The minimum atomic E-state index is -0.632. The van der Waals surface area contributed by atoms with E-state index < -0.39 is 11.2 Å². The number of nitrogens with zero attached hydrogens (tertiary/aromatic N) is 1. The molecule has 0 aliphatic heterocycles. The second-order valence-corrected chi connectivity index (χ2v) is 1.99. The van der Waals surface area contributed by atoms with Gasteiger partial charge in [0.25, 0.3) is 5.24 Å². The SMILES string of the molecule is O=C(Cl)c1ccc(F)nc1. The van der Waals surface area contributed by atoms with Crippen molar-refractivity contribution in [3.05, 3.63) is 29.8 Å². The van der Waals surface area contributed by atoms with E-state index in [0.29, 0.717) is 0 Å². The van der Waals surface area contributed by atoms with E-state index in [2.05, 4.69) is 4.98 Å². The highest BCUT2D eigenvalue weighted by atomic mass is 35.5. The Morgan fingerprint density at radius 1 is 1.60 bits per heavy atom. The molecule has 0 fully saturated rings. The predicted molar refractivity (Wildman–Crippen MR) is 34.4 cm³/mol. The van der Waals surface area contributed by atoms with E-state index in [1.54, 1.807) is 0 Å². The standard InChI is InChI=1S/C6H3ClFNO/c7-6(10)4-1-2-5(8)9-3-4/h1-3H. The normalized spacial score (nSPS) is 9.40. The fourth-order valence-corrected chi connectivity index (χ4v) is 0.604. The summed E-state index contributed by atoms with van der Waals surface area (Å²) in [4.78, 5) is 13.6. The third-order valence-electron chi connectivity index (χ3n) is 0.954. The third-order valence-corrected chi connectivity index (χ3v) is 1.17. The lowest BCUT2D eigenvalue weighted by Gasteiger charge is -1.89. The Bertz CT molecular complexity index is 246. The van der Waals surface area contributed by atoms with Crippen molar-refractivity contribution >= 4 is 16.8 Å². The van der Waals surface area contributed by atoms with Crippen molar-refractivity contribution in [1.82, 2.24) is 4.98 Å². The molecule has 0 amide bonds.